The predicted molar refractivity (Wildman–Crippen MR) is 131 cm³/mol. The van der Waals surface area contributed by atoms with E-state index < -0.39 is 5.25 Å². The summed E-state index contributed by atoms with van der Waals surface area (Å²) in [6.07, 6.45) is 1.76. The number of aromatic nitrogens is 3. The Labute approximate surface area is 200 Å². The van der Waals surface area contributed by atoms with Gasteiger partial charge in [-0.15, -0.1) is 10.2 Å². The van der Waals surface area contributed by atoms with E-state index >= 15 is 0 Å². The normalized spacial score (nSPS) is 11.9. The smallest absolute Gasteiger partial charge is 0.277 e. The number of hydrogen-bond acceptors (Lipinski definition) is 7. The van der Waals surface area contributed by atoms with E-state index in [1.54, 1.807) is 32.5 Å². The highest BCUT2D eigenvalue weighted by Gasteiger charge is 2.28. The van der Waals surface area contributed by atoms with Crippen molar-refractivity contribution in [2.75, 3.05) is 14.2 Å². The first-order valence-electron chi connectivity index (χ1n) is 10.6. The van der Waals surface area contributed by atoms with Gasteiger partial charge in [0.2, 0.25) is 5.89 Å². The lowest BCUT2D eigenvalue weighted by Crippen LogP contribution is -2.09. The Morgan fingerprint density at radius 3 is 2.50 bits per heavy atom. The van der Waals surface area contributed by atoms with Crippen LogP contribution in [0.3, 0.4) is 0 Å². The van der Waals surface area contributed by atoms with Crippen molar-refractivity contribution in [1.29, 1.82) is 0 Å². The molecule has 0 bridgehead atoms. The minimum Gasteiger partial charge on any atom is -0.493 e. The first-order chi connectivity index (χ1) is 16.7. The molecule has 3 aromatic carbocycles. The number of ether oxygens (including phenoxy) is 2. The summed E-state index contributed by atoms with van der Waals surface area (Å²) in [4.78, 5) is 16.9. The molecule has 1 N–H and O–H groups in total. The lowest BCUT2D eigenvalue weighted by Gasteiger charge is -2.13. The monoisotopic (exact) mass is 471 g/mol. The molecular formula is C26H21N3O4S. The molecule has 0 spiro atoms. The van der Waals surface area contributed by atoms with Gasteiger partial charge in [-0.05, 0) is 41.6 Å². The third kappa shape index (κ3) is 4.15. The average molecular weight is 472 g/mol. The van der Waals surface area contributed by atoms with Crippen molar-refractivity contribution in [2.24, 2.45) is 0 Å². The largest absolute Gasteiger partial charge is 0.493 e. The zero-order chi connectivity index (χ0) is 23.5. The number of carbonyl (C=O) groups is 1. The Morgan fingerprint density at radius 1 is 0.941 bits per heavy atom. The quantitative estimate of drug-likeness (QED) is 0.221. The first-order valence-corrected chi connectivity index (χ1v) is 11.4. The van der Waals surface area contributed by atoms with Gasteiger partial charge in [-0.3, -0.25) is 4.79 Å². The van der Waals surface area contributed by atoms with E-state index in [2.05, 4.69) is 15.2 Å². The molecule has 5 rings (SSSR count). The van der Waals surface area contributed by atoms with Gasteiger partial charge in [-0.1, -0.05) is 48.5 Å². The molecule has 0 saturated heterocycles. The maximum Gasteiger partial charge on any atom is 0.277 e. The number of methoxy groups -OCH3 is 2. The van der Waals surface area contributed by atoms with Gasteiger partial charge >= 0.3 is 0 Å². The molecule has 34 heavy (non-hydrogen) atoms. The molecule has 0 aliphatic carbocycles. The molecule has 1 unspecified atom stereocenters. The number of H-pyrrole nitrogens is 1. The molecule has 7 nitrogen and oxygen atoms in total. The molecule has 2 heterocycles. The topological polar surface area (TPSA) is 90.2 Å². The number of ketones is 1. The van der Waals surface area contributed by atoms with Crippen molar-refractivity contribution in [1.82, 2.24) is 15.2 Å². The van der Waals surface area contributed by atoms with E-state index in [4.69, 9.17) is 13.9 Å². The number of nitrogens with one attached hydrogen (secondary N) is 1. The highest BCUT2D eigenvalue weighted by atomic mass is 32.2. The number of hydrogen-bond donors (Lipinski definition) is 1. The summed E-state index contributed by atoms with van der Waals surface area (Å²) in [7, 11) is 3.14. The number of benzene rings is 3. The number of aromatic amines is 1. The van der Waals surface area contributed by atoms with Crippen LogP contribution in [0.2, 0.25) is 0 Å². The molecule has 0 aliphatic rings. The fraction of sp³-hybridized carbons (Fsp3) is 0.115. The number of carbonyl (C=O) groups excluding carboxylic acids is 1. The number of rotatable bonds is 8. The summed E-state index contributed by atoms with van der Waals surface area (Å²) in [6, 6.07) is 22.7. The highest BCUT2D eigenvalue weighted by molar-refractivity contribution is 8.00. The molecular weight excluding hydrogens is 450 g/mol. The second-order valence-corrected chi connectivity index (χ2v) is 8.52. The Hall–Kier alpha value is -4.04. The Bertz CT molecular complexity index is 1450. The molecule has 0 fully saturated rings. The lowest BCUT2D eigenvalue weighted by molar-refractivity contribution is 0.0990. The van der Waals surface area contributed by atoms with E-state index in [0.717, 1.165) is 16.5 Å². The van der Waals surface area contributed by atoms with Crippen LogP contribution in [-0.2, 0) is 0 Å². The second kappa shape index (κ2) is 9.44. The van der Waals surface area contributed by atoms with Crippen molar-refractivity contribution in [3.05, 3.63) is 90.1 Å². The first kappa shape index (κ1) is 21.8. The molecule has 170 valence electrons. The van der Waals surface area contributed by atoms with Crippen molar-refractivity contribution in [3.8, 4) is 23.0 Å². The van der Waals surface area contributed by atoms with Crippen LogP contribution in [-0.4, -0.2) is 35.2 Å². The van der Waals surface area contributed by atoms with Crippen molar-refractivity contribution in [3.63, 3.8) is 0 Å². The molecule has 8 heteroatoms. The van der Waals surface area contributed by atoms with Crippen LogP contribution in [0.4, 0.5) is 0 Å². The van der Waals surface area contributed by atoms with Gasteiger partial charge in [0.05, 0.1) is 14.2 Å². The summed E-state index contributed by atoms with van der Waals surface area (Å²) < 4.78 is 16.6. The Kier molecular flexibility index (Phi) is 6.05. The average Bonchev–Trinajstić information content (AvgIpc) is 3.54. The number of fused-ring (bicyclic) bond motifs is 1. The fourth-order valence-electron chi connectivity index (χ4n) is 3.76. The van der Waals surface area contributed by atoms with Gasteiger partial charge in [0.25, 0.3) is 5.22 Å². The third-order valence-electron chi connectivity index (χ3n) is 5.45. The van der Waals surface area contributed by atoms with E-state index in [9.17, 15) is 4.79 Å². The Morgan fingerprint density at radius 2 is 1.71 bits per heavy atom. The maximum absolute atomic E-state index is 13.7. The van der Waals surface area contributed by atoms with Gasteiger partial charge in [0, 0.05) is 28.2 Å². The number of thioether (sulfide) groups is 1. The summed E-state index contributed by atoms with van der Waals surface area (Å²) in [5.41, 5.74) is 3.08. The minimum atomic E-state index is -0.556. The molecule has 2 aromatic heterocycles. The second-order valence-electron chi connectivity index (χ2n) is 7.46. The molecule has 0 aliphatic heterocycles. The number of Topliss-reactive ketones (excluding diaryl/α,β-unsaturated/α-hetero) is 1. The number of para-hydroxylation sites is 1. The molecule has 5 aromatic rings. The van der Waals surface area contributed by atoms with Crippen LogP contribution in [0.5, 0.6) is 11.5 Å². The van der Waals surface area contributed by atoms with Crippen LogP contribution in [0.1, 0.15) is 21.2 Å². The van der Waals surface area contributed by atoms with Crippen LogP contribution >= 0.6 is 11.8 Å². The van der Waals surface area contributed by atoms with E-state index in [1.807, 2.05) is 60.7 Å². The Balaban J connectivity index is 1.48. The van der Waals surface area contributed by atoms with E-state index in [1.165, 1.54) is 11.8 Å². The standard InChI is InChI=1S/C26H21N3O4S/c1-31-21-13-12-17(14-22(21)32-2)25-28-29-26(33-25)34-24(16-8-4-3-5-9-16)23(30)19-15-27-20-11-7-6-10-18(19)20/h3-15,24,27H,1-2H3. The van der Waals surface area contributed by atoms with Gasteiger partial charge < -0.3 is 18.9 Å². The van der Waals surface area contributed by atoms with Crippen LogP contribution in [0.15, 0.2) is 88.6 Å². The zero-order valence-corrected chi connectivity index (χ0v) is 19.3. The summed E-state index contributed by atoms with van der Waals surface area (Å²) in [5, 5.41) is 9.00. The van der Waals surface area contributed by atoms with Crippen molar-refractivity contribution in [2.45, 2.75) is 10.5 Å². The van der Waals surface area contributed by atoms with Gasteiger partial charge in [0.15, 0.2) is 17.3 Å². The summed E-state index contributed by atoms with van der Waals surface area (Å²) in [5.74, 6) is 1.45. The minimum absolute atomic E-state index is 0.0421. The molecule has 1 atom stereocenters. The molecule has 0 saturated carbocycles. The predicted octanol–water partition coefficient (Wildman–Crippen LogP) is 5.95. The SMILES string of the molecule is COc1ccc(-c2nnc(SC(C(=O)c3c[nH]c4ccccc34)c3ccccc3)o2)cc1OC. The summed E-state index contributed by atoms with van der Waals surface area (Å²) in [6.45, 7) is 0. The summed E-state index contributed by atoms with van der Waals surface area (Å²) >= 11 is 1.23. The van der Waals surface area contributed by atoms with Crippen LogP contribution < -0.4 is 9.47 Å². The van der Waals surface area contributed by atoms with Gasteiger partial charge in [0.1, 0.15) is 5.25 Å². The third-order valence-corrected chi connectivity index (χ3v) is 6.54. The number of nitrogens with zero attached hydrogens (tertiary/aromatic N) is 2. The van der Waals surface area contributed by atoms with Gasteiger partial charge in [-0.2, -0.15) is 0 Å². The highest BCUT2D eigenvalue weighted by Crippen LogP contribution is 2.40. The zero-order valence-electron chi connectivity index (χ0n) is 18.5. The fourth-order valence-corrected chi connectivity index (χ4v) is 4.71. The lowest BCUT2D eigenvalue weighted by atomic mass is 10.0. The van der Waals surface area contributed by atoms with E-state index in [0.29, 0.717) is 33.7 Å². The van der Waals surface area contributed by atoms with Crippen LogP contribution in [0.25, 0.3) is 22.4 Å². The molecule has 0 radical (unpaired) electrons. The van der Waals surface area contributed by atoms with E-state index in [-0.39, 0.29) is 5.78 Å². The van der Waals surface area contributed by atoms with Crippen molar-refractivity contribution >= 4 is 28.4 Å². The van der Waals surface area contributed by atoms with Gasteiger partial charge in [-0.25, -0.2) is 0 Å². The van der Waals surface area contributed by atoms with Crippen molar-refractivity contribution < 1.29 is 18.7 Å². The molecule has 0 amide bonds. The van der Waals surface area contributed by atoms with Crippen LogP contribution in [0, 0.1) is 0 Å². The maximum atomic E-state index is 13.7.